The van der Waals surface area contributed by atoms with E-state index < -0.39 is 27.8 Å². The fourth-order valence-corrected chi connectivity index (χ4v) is 5.34. The van der Waals surface area contributed by atoms with Crippen LogP contribution in [0.4, 0.5) is 5.82 Å². The third-order valence-corrected chi connectivity index (χ3v) is 7.35. The molecule has 1 fully saturated rings. The maximum atomic E-state index is 12.5. The Morgan fingerprint density at radius 2 is 2.03 bits per heavy atom. The van der Waals surface area contributed by atoms with E-state index in [2.05, 4.69) is 9.71 Å². The molecule has 35 heavy (non-hydrogen) atoms. The van der Waals surface area contributed by atoms with E-state index in [-0.39, 0.29) is 43.2 Å². The highest BCUT2D eigenvalue weighted by molar-refractivity contribution is 7.98. The fraction of sp³-hybridized carbons (Fsp3) is 0.391. The van der Waals surface area contributed by atoms with Crippen LogP contribution in [-0.2, 0) is 31.1 Å². The molecule has 3 rings (SSSR count). The van der Waals surface area contributed by atoms with E-state index in [9.17, 15) is 23.3 Å². The monoisotopic (exact) mass is 518 g/mol. The van der Waals surface area contributed by atoms with Crippen molar-refractivity contribution in [2.45, 2.75) is 18.4 Å². The second-order valence-electron chi connectivity index (χ2n) is 7.78. The minimum atomic E-state index is -3.85. The zero-order chi connectivity index (χ0) is 25.4. The number of nitrogens with one attached hydrogen (secondary N) is 1. The number of nitrogens with zero attached hydrogens (tertiary/aromatic N) is 3. The molecule has 2 heterocycles. The highest BCUT2D eigenvalue weighted by atomic mass is 32.2. The van der Waals surface area contributed by atoms with E-state index in [0.717, 1.165) is 0 Å². The summed E-state index contributed by atoms with van der Waals surface area (Å²) < 4.78 is 31.9. The fourth-order valence-electron chi connectivity index (χ4n) is 3.48. The van der Waals surface area contributed by atoms with Crippen LogP contribution in [0.2, 0.25) is 0 Å². The van der Waals surface area contributed by atoms with Crippen LogP contribution in [0, 0.1) is 17.2 Å². The van der Waals surface area contributed by atoms with Crippen LogP contribution in [0.1, 0.15) is 34.1 Å². The van der Waals surface area contributed by atoms with Gasteiger partial charge in [-0.25, -0.2) is 18.2 Å². The lowest BCUT2D eigenvalue weighted by molar-refractivity contribution is -0.123. The van der Waals surface area contributed by atoms with Gasteiger partial charge in [-0.3, -0.25) is 9.52 Å². The van der Waals surface area contributed by atoms with Gasteiger partial charge in [0, 0.05) is 24.6 Å². The topological polar surface area (TPSA) is 150 Å². The number of aliphatic hydroxyl groups excluding tert-OH is 1. The Hall–Kier alpha value is -3.14. The number of benzene rings is 1. The highest BCUT2D eigenvalue weighted by Crippen LogP contribution is 2.29. The predicted octanol–water partition coefficient (Wildman–Crippen LogP) is 1.44. The second kappa shape index (κ2) is 12.0. The first-order chi connectivity index (χ1) is 16.8. The predicted molar refractivity (Wildman–Crippen MR) is 131 cm³/mol. The van der Waals surface area contributed by atoms with Crippen LogP contribution >= 0.6 is 11.8 Å². The van der Waals surface area contributed by atoms with Crippen molar-refractivity contribution in [3.63, 3.8) is 0 Å². The zero-order valence-electron chi connectivity index (χ0n) is 19.1. The van der Waals surface area contributed by atoms with Crippen molar-refractivity contribution in [2.75, 3.05) is 37.0 Å². The van der Waals surface area contributed by atoms with E-state index in [0.29, 0.717) is 28.6 Å². The molecule has 1 aromatic carbocycles. The molecule has 12 heteroatoms. The van der Waals surface area contributed by atoms with Gasteiger partial charge < -0.3 is 14.7 Å². The minimum Gasteiger partial charge on any atom is -0.462 e. The molecule has 1 aromatic heterocycles. The number of ether oxygens (including phenoxy) is 1. The highest BCUT2D eigenvalue weighted by Gasteiger charge is 2.37. The molecule has 0 aliphatic carbocycles. The standard InChI is InChI=1S/C23H26N4O6S2/c1-2-33-23(30)19-10-17(11-24)21(25-20(19)14-34-9-8-28)27-12-18(13-27)22(29)26-35(31,32)15-16-6-4-3-5-7-16/h3-7,10,18,28H,2,8-9,12-15H2,1H3,(H,26,29). The van der Waals surface area contributed by atoms with Gasteiger partial charge in [-0.15, -0.1) is 0 Å². The normalized spacial score (nSPS) is 13.6. The van der Waals surface area contributed by atoms with Crippen LogP contribution < -0.4 is 9.62 Å². The van der Waals surface area contributed by atoms with E-state index in [1.807, 2.05) is 6.07 Å². The first-order valence-corrected chi connectivity index (χ1v) is 13.7. The average Bonchev–Trinajstić information content (AvgIpc) is 2.78. The lowest BCUT2D eigenvalue weighted by Gasteiger charge is -2.39. The number of carbonyl (C=O) groups is 2. The van der Waals surface area contributed by atoms with Gasteiger partial charge in [-0.1, -0.05) is 30.3 Å². The summed E-state index contributed by atoms with van der Waals surface area (Å²) in [5.41, 5.74) is 1.31. The second-order valence-corrected chi connectivity index (χ2v) is 10.6. The molecule has 0 saturated carbocycles. The summed E-state index contributed by atoms with van der Waals surface area (Å²) in [4.78, 5) is 31.1. The van der Waals surface area contributed by atoms with E-state index in [4.69, 9.17) is 9.84 Å². The zero-order valence-corrected chi connectivity index (χ0v) is 20.8. The molecule has 1 saturated heterocycles. The van der Waals surface area contributed by atoms with E-state index in [1.54, 1.807) is 42.2 Å². The van der Waals surface area contributed by atoms with Gasteiger partial charge >= 0.3 is 5.97 Å². The summed E-state index contributed by atoms with van der Waals surface area (Å²) in [6, 6.07) is 12.0. The summed E-state index contributed by atoms with van der Waals surface area (Å²) in [6.07, 6.45) is 0. The Balaban J connectivity index is 1.71. The third kappa shape index (κ3) is 6.94. The van der Waals surface area contributed by atoms with Crippen LogP contribution in [0.25, 0.3) is 0 Å². The largest absolute Gasteiger partial charge is 0.462 e. The molecule has 186 valence electrons. The number of nitriles is 1. The number of carbonyl (C=O) groups excluding carboxylic acids is 2. The molecule has 2 aromatic rings. The number of amides is 1. The molecule has 2 N–H and O–H groups in total. The average molecular weight is 519 g/mol. The van der Waals surface area contributed by atoms with Gasteiger partial charge in [0.05, 0.1) is 41.7 Å². The molecular weight excluding hydrogens is 492 g/mol. The lowest BCUT2D eigenvalue weighted by atomic mass is 9.98. The van der Waals surface area contributed by atoms with Gasteiger partial charge in [-0.2, -0.15) is 17.0 Å². The Kier molecular flexibility index (Phi) is 9.08. The van der Waals surface area contributed by atoms with Crippen molar-refractivity contribution < 1.29 is 27.9 Å². The Morgan fingerprint density at radius 3 is 2.66 bits per heavy atom. The van der Waals surface area contributed by atoms with Gasteiger partial charge in [0.2, 0.25) is 15.9 Å². The summed E-state index contributed by atoms with van der Waals surface area (Å²) in [7, 11) is -3.85. The summed E-state index contributed by atoms with van der Waals surface area (Å²) in [5, 5.41) is 18.7. The first-order valence-electron chi connectivity index (χ1n) is 10.9. The van der Waals surface area contributed by atoms with Crippen molar-refractivity contribution >= 4 is 39.5 Å². The number of rotatable bonds is 11. The van der Waals surface area contributed by atoms with Crippen LogP contribution in [-0.4, -0.2) is 62.4 Å². The number of pyridine rings is 1. The van der Waals surface area contributed by atoms with Gasteiger partial charge in [0.1, 0.15) is 11.9 Å². The quantitative estimate of drug-likeness (QED) is 0.330. The molecule has 1 aliphatic heterocycles. The number of hydrogen-bond donors (Lipinski definition) is 2. The van der Waals surface area contributed by atoms with Crippen molar-refractivity contribution in [2.24, 2.45) is 5.92 Å². The van der Waals surface area contributed by atoms with Gasteiger partial charge in [0.25, 0.3) is 0 Å². The van der Waals surface area contributed by atoms with Crippen LogP contribution in [0.5, 0.6) is 0 Å². The Labute approximate surface area is 208 Å². The van der Waals surface area contributed by atoms with Crippen molar-refractivity contribution in [3.8, 4) is 6.07 Å². The number of esters is 1. The Bertz CT molecular complexity index is 1210. The number of hydrogen-bond acceptors (Lipinski definition) is 10. The van der Waals surface area contributed by atoms with Crippen molar-refractivity contribution in [1.82, 2.24) is 9.71 Å². The van der Waals surface area contributed by atoms with Crippen molar-refractivity contribution in [1.29, 1.82) is 5.26 Å². The number of sulfonamides is 1. The molecule has 0 bridgehead atoms. The number of anilines is 1. The summed E-state index contributed by atoms with van der Waals surface area (Å²) in [6.45, 7) is 2.17. The number of thioether (sulfide) groups is 1. The number of aromatic nitrogens is 1. The summed E-state index contributed by atoms with van der Waals surface area (Å²) >= 11 is 1.38. The first kappa shape index (κ1) is 26.5. The summed E-state index contributed by atoms with van der Waals surface area (Å²) in [5.74, 6) is -1.02. The smallest absolute Gasteiger partial charge is 0.340 e. The molecule has 0 spiro atoms. The SMILES string of the molecule is CCOC(=O)c1cc(C#N)c(N2CC(C(=O)NS(=O)(=O)Cc3ccccc3)C2)nc1CSCCO. The van der Waals surface area contributed by atoms with Gasteiger partial charge in [-0.05, 0) is 18.6 Å². The van der Waals surface area contributed by atoms with E-state index in [1.165, 1.54) is 17.8 Å². The minimum absolute atomic E-state index is 0.0291. The molecule has 1 aliphatic rings. The molecular formula is C23H26N4O6S2. The molecule has 1 amide bonds. The van der Waals surface area contributed by atoms with Crippen LogP contribution in [0.15, 0.2) is 36.4 Å². The maximum Gasteiger partial charge on any atom is 0.340 e. The van der Waals surface area contributed by atoms with Crippen molar-refractivity contribution in [3.05, 3.63) is 58.8 Å². The molecule has 0 atom stereocenters. The molecule has 10 nitrogen and oxygen atoms in total. The third-order valence-electron chi connectivity index (χ3n) is 5.18. The van der Waals surface area contributed by atoms with E-state index >= 15 is 0 Å². The lowest BCUT2D eigenvalue weighted by Crippen LogP contribution is -2.55. The molecule has 0 unspecified atom stereocenters. The maximum absolute atomic E-state index is 12.5. The number of aliphatic hydroxyl groups is 1. The molecule has 0 radical (unpaired) electrons. The van der Waals surface area contributed by atoms with Crippen LogP contribution in [0.3, 0.4) is 0 Å². The Morgan fingerprint density at radius 1 is 1.31 bits per heavy atom. The van der Waals surface area contributed by atoms with Gasteiger partial charge in [0.15, 0.2) is 0 Å².